The van der Waals surface area contributed by atoms with Crippen LogP contribution in [0, 0.1) is 18.8 Å². The number of nitrogens with one attached hydrogen (secondary N) is 1. The van der Waals surface area contributed by atoms with Crippen molar-refractivity contribution in [1.29, 1.82) is 0 Å². The molecule has 2 atom stereocenters. The van der Waals surface area contributed by atoms with Gasteiger partial charge in [0.05, 0.1) is 6.42 Å². The average Bonchev–Trinajstić information content (AvgIpc) is 2.92. The lowest BCUT2D eigenvalue weighted by Crippen LogP contribution is -2.33. The summed E-state index contributed by atoms with van der Waals surface area (Å²) in [4.78, 5) is 14.4. The predicted molar refractivity (Wildman–Crippen MR) is 71.3 cm³/mol. The van der Waals surface area contributed by atoms with Gasteiger partial charge in [-0.25, -0.2) is 0 Å². The van der Waals surface area contributed by atoms with Gasteiger partial charge in [-0.3, -0.25) is 4.79 Å². The first-order valence-corrected chi connectivity index (χ1v) is 6.77. The highest BCUT2D eigenvalue weighted by Gasteiger charge is 2.37. The highest BCUT2D eigenvalue weighted by molar-refractivity contribution is 5.79. The smallest absolute Gasteiger partial charge is 0.227 e. The molecular formula is C15H20N2O. The molecule has 0 saturated carbocycles. The van der Waals surface area contributed by atoms with Gasteiger partial charge < -0.3 is 10.2 Å². The Morgan fingerprint density at radius 1 is 1.28 bits per heavy atom. The number of fused-ring (bicyclic) bond motifs is 1. The zero-order valence-electron chi connectivity index (χ0n) is 10.9. The number of hydrogen-bond acceptors (Lipinski definition) is 2. The summed E-state index contributed by atoms with van der Waals surface area (Å²) in [5.74, 6) is 1.66. The number of likely N-dealkylation sites (tertiary alicyclic amines) is 1. The fourth-order valence-corrected chi connectivity index (χ4v) is 3.14. The molecule has 3 nitrogen and oxygen atoms in total. The molecule has 1 N–H and O–H groups in total. The van der Waals surface area contributed by atoms with Gasteiger partial charge in [0, 0.05) is 26.2 Å². The lowest BCUT2D eigenvalue weighted by molar-refractivity contribution is -0.129. The minimum Gasteiger partial charge on any atom is -0.342 e. The summed E-state index contributed by atoms with van der Waals surface area (Å²) >= 11 is 0. The molecule has 2 unspecified atom stereocenters. The molecule has 1 aromatic carbocycles. The van der Waals surface area contributed by atoms with E-state index in [0.717, 1.165) is 31.7 Å². The minimum absolute atomic E-state index is 0.290. The fourth-order valence-electron chi connectivity index (χ4n) is 3.14. The van der Waals surface area contributed by atoms with Crippen LogP contribution in [0.25, 0.3) is 0 Å². The van der Waals surface area contributed by atoms with E-state index in [-0.39, 0.29) is 0 Å². The first-order chi connectivity index (χ1) is 8.74. The molecule has 2 saturated heterocycles. The largest absolute Gasteiger partial charge is 0.342 e. The zero-order valence-corrected chi connectivity index (χ0v) is 10.9. The summed E-state index contributed by atoms with van der Waals surface area (Å²) in [6, 6.07) is 8.17. The van der Waals surface area contributed by atoms with E-state index in [0.29, 0.717) is 24.2 Å². The van der Waals surface area contributed by atoms with Gasteiger partial charge in [-0.05, 0) is 29.9 Å². The van der Waals surface area contributed by atoms with Crippen LogP contribution < -0.4 is 5.32 Å². The van der Waals surface area contributed by atoms with Gasteiger partial charge in [0.2, 0.25) is 5.91 Å². The zero-order chi connectivity index (χ0) is 12.5. The van der Waals surface area contributed by atoms with Gasteiger partial charge in [0.15, 0.2) is 0 Å². The van der Waals surface area contributed by atoms with Crippen molar-refractivity contribution in [1.82, 2.24) is 10.2 Å². The normalized spacial score (nSPS) is 26.4. The van der Waals surface area contributed by atoms with E-state index >= 15 is 0 Å². The summed E-state index contributed by atoms with van der Waals surface area (Å²) in [5, 5.41) is 3.40. The van der Waals surface area contributed by atoms with Crippen LogP contribution in [0.1, 0.15) is 11.1 Å². The molecule has 2 fully saturated rings. The second-order valence-electron chi connectivity index (χ2n) is 5.58. The van der Waals surface area contributed by atoms with E-state index in [1.165, 1.54) is 5.56 Å². The second kappa shape index (κ2) is 4.73. The number of carbonyl (C=O) groups excluding carboxylic acids is 1. The second-order valence-corrected chi connectivity index (χ2v) is 5.58. The van der Waals surface area contributed by atoms with Crippen LogP contribution in [0.5, 0.6) is 0 Å². The number of rotatable bonds is 2. The first kappa shape index (κ1) is 11.7. The van der Waals surface area contributed by atoms with Crippen LogP contribution in [0.15, 0.2) is 24.3 Å². The average molecular weight is 244 g/mol. The lowest BCUT2D eigenvalue weighted by atomic mass is 10.0. The molecule has 1 amide bonds. The molecule has 96 valence electrons. The van der Waals surface area contributed by atoms with Crippen molar-refractivity contribution in [2.24, 2.45) is 11.8 Å². The van der Waals surface area contributed by atoms with E-state index in [4.69, 9.17) is 0 Å². The molecule has 0 spiro atoms. The van der Waals surface area contributed by atoms with Crippen LogP contribution in [0.2, 0.25) is 0 Å². The Hall–Kier alpha value is -1.35. The Labute approximate surface area is 108 Å². The van der Waals surface area contributed by atoms with Crippen molar-refractivity contribution in [3.8, 4) is 0 Å². The Morgan fingerprint density at radius 2 is 1.94 bits per heavy atom. The molecule has 2 heterocycles. The van der Waals surface area contributed by atoms with E-state index in [1.807, 2.05) is 12.1 Å². The Bertz CT molecular complexity index is 446. The number of aryl methyl sites for hydroxylation is 1. The third-order valence-corrected chi connectivity index (χ3v) is 4.35. The summed E-state index contributed by atoms with van der Waals surface area (Å²) < 4.78 is 0. The third kappa shape index (κ3) is 2.15. The molecule has 1 aromatic rings. The quantitative estimate of drug-likeness (QED) is 0.848. The number of benzene rings is 1. The molecule has 0 radical (unpaired) electrons. The third-order valence-electron chi connectivity index (χ3n) is 4.35. The van der Waals surface area contributed by atoms with Gasteiger partial charge in [-0.1, -0.05) is 24.3 Å². The van der Waals surface area contributed by atoms with Gasteiger partial charge >= 0.3 is 0 Å². The standard InChI is InChI=1S/C15H20N2O/c1-11-4-2-3-5-12(11)6-15(18)17-9-13-7-16-8-14(13)10-17/h2-5,13-14,16H,6-10H2,1H3. The predicted octanol–water partition coefficient (Wildman–Crippen LogP) is 1.22. The maximum absolute atomic E-state index is 12.3. The molecule has 3 heteroatoms. The van der Waals surface area contributed by atoms with Crippen molar-refractivity contribution in [3.05, 3.63) is 35.4 Å². The molecule has 2 aliphatic rings. The van der Waals surface area contributed by atoms with Gasteiger partial charge in [0.1, 0.15) is 0 Å². The van der Waals surface area contributed by atoms with Crippen molar-refractivity contribution in [3.63, 3.8) is 0 Å². The minimum atomic E-state index is 0.290. The van der Waals surface area contributed by atoms with Gasteiger partial charge in [0.25, 0.3) is 0 Å². The maximum atomic E-state index is 12.3. The number of carbonyl (C=O) groups is 1. The van der Waals surface area contributed by atoms with Crippen molar-refractivity contribution in [2.45, 2.75) is 13.3 Å². The number of nitrogens with zero attached hydrogens (tertiary/aromatic N) is 1. The monoisotopic (exact) mass is 244 g/mol. The summed E-state index contributed by atoms with van der Waals surface area (Å²) in [6.45, 7) is 6.13. The van der Waals surface area contributed by atoms with E-state index in [1.54, 1.807) is 0 Å². The fraction of sp³-hybridized carbons (Fsp3) is 0.533. The molecular weight excluding hydrogens is 224 g/mol. The van der Waals surface area contributed by atoms with Gasteiger partial charge in [-0.15, -0.1) is 0 Å². The molecule has 3 rings (SSSR count). The van der Waals surface area contributed by atoms with Crippen LogP contribution in [-0.2, 0) is 11.2 Å². The molecule has 0 aromatic heterocycles. The van der Waals surface area contributed by atoms with E-state index in [9.17, 15) is 4.79 Å². The van der Waals surface area contributed by atoms with Crippen molar-refractivity contribution < 1.29 is 4.79 Å². The molecule has 0 aliphatic carbocycles. The summed E-state index contributed by atoms with van der Waals surface area (Å²) in [5.41, 5.74) is 2.38. The van der Waals surface area contributed by atoms with Crippen LogP contribution in [0.4, 0.5) is 0 Å². The number of amides is 1. The highest BCUT2D eigenvalue weighted by Crippen LogP contribution is 2.26. The highest BCUT2D eigenvalue weighted by atomic mass is 16.2. The Morgan fingerprint density at radius 3 is 2.61 bits per heavy atom. The Kier molecular flexibility index (Phi) is 3.08. The maximum Gasteiger partial charge on any atom is 0.227 e. The lowest BCUT2D eigenvalue weighted by Gasteiger charge is -2.18. The summed E-state index contributed by atoms with van der Waals surface area (Å²) in [6.07, 6.45) is 0.555. The molecule has 18 heavy (non-hydrogen) atoms. The van der Waals surface area contributed by atoms with Crippen LogP contribution in [-0.4, -0.2) is 37.0 Å². The summed E-state index contributed by atoms with van der Waals surface area (Å²) in [7, 11) is 0. The van der Waals surface area contributed by atoms with E-state index in [2.05, 4.69) is 29.3 Å². The van der Waals surface area contributed by atoms with E-state index < -0.39 is 0 Å². The molecule has 2 aliphatic heterocycles. The van der Waals surface area contributed by atoms with Crippen LogP contribution in [0.3, 0.4) is 0 Å². The molecule has 0 bridgehead atoms. The Balaban J connectivity index is 1.64. The SMILES string of the molecule is Cc1ccccc1CC(=O)N1CC2CNCC2C1. The van der Waals surface area contributed by atoms with Crippen molar-refractivity contribution >= 4 is 5.91 Å². The van der Waals surface area contributed by atoms with Gasteiger partial charge in [-0.2, -0.15) is 0 Å². The van der Waals surface area contributed by atoms with Crippen molar-refractivity contribution in [2.75, 3.05) is 26.2 Å². The number of hydrogen-bond donors (Lipinski definition) is 1. The first-order valence-electron chi connectivity index (χ1n) is 6.77. The topological polar surface area (TPSA) is 32.3 Å². The van der Waals surface area contributed by atoms with Crippen LogP contribution >= 0.6 is 0 Å².